The van der Waals surface area contributed by atoms with Crippen LogP contribution in [-0.2, 0) is 10.7 Å². The molecule has 3 rings (SSSR count). The molecule has 0 saturated carbocycles. The highest BCUT2D eigenvalue weighted by Gasteiger charge is 2.44. The molecule has 9 nitrogen and oxygen atoms in total. The standard InChI is InChI=1S/C25H22BrClF2N6O3/c1-4-9-34(10-5-2)24(38)25(28,29)15-11-14(3)20(16(12-15)21(30)36)32-23(37)18-13-19(26)33-35(18)22-17(27)7-6-8-31-22/h4-8,11-13H,1-2,9-10H2,3H3,(H2,30,36)(H,32,37). The summed E-state index contributed by atoms with van der Waals surface area (Å²) in [4.78, 5) is 43.2. The third kappa shape index (κ3) is 5.81. The van der Waals surface area contributed by atoms with E-state index in [9.17, 15) is 14.4 Å². The summed E-state index contributed by atoms with van der Waals surface area (Å²) in [7, 11) is 0. The maximum absolute atomic E-state index is 15.3. The van der Waals surface area contributed by atoms with Crippen LogP contribution in [0.5, 0.6) is 0 Å². The number of carbonyl (C=O) groups is 3. The van der Waals surface area contributed by atoms with Gasteiger partial charge in [0.1, 0.15) is 10.3 Å². The molecule has 1 aromatic carbocycles. The number of benzene rings is 1. The van der Waals surface area contributed by atoms with Crippen LogP contribution in [0, 0.1) is 6.92 Å². The van der Waals surface area contributed by atoms with E-state index in [0.717, 1.165) is 17.0 Å². The monoisotopic (exact) mass is 606 g/mol. The Morgan fingerprint density at radius 2 is 1.89 bits per heavy atom. The fourth-order valence-corrected chi connectivity index (χ4v) is 4.17. The molecule has 3 amide bonds. The Kier molecular flexibility index (Phi) is 8.79. The lowest BCUT2D eigenvalue weighted by atomic mass is 9.98. The Hall–Kier alpha value is -3.90. The van der Waals surface area contributed by atoms with Gasteiger partial charge in [-0.2, -0.15) is 13.9 Å². The van der Waals surface area contributed by atoms with Gasteiger partial charge >= 0.3 is 5.92 Å². The van der Waals surface area contributed by atoms with E-state index in [0.29, 0.717) is 0 Å². The van der Waals surface area contributed by atoms with Crippen molar-refractivity contribution < 1.29 is 23.2 Å². The predicted molar refractivity (Wildman–Crippen MR) is 143 cm³/mol. The summed E-state index contributed by atoms with van der Waals surface area (Å²) in [6.45, 7) is 8.06. The zero-order valence-corrected chi connectivity index (χ0v) is 22.4. The molecular formula is C25H22BrClF2N6O3. The van der Waals surface area contributed by atoms with Gasteiger partial charge in [0.2, 0.25) is 0 Å². The van der Waals surface area contributed by atoms with Crippen LogP contribution < -0.4 is 11.1 Å². The summed E-state index contributed by atoms with van der Waals surface area (Å²) in [6, 6.07) is 6.33. The molecule has 13 heteroatoms. The molecule has 0 spiro atoms. The molecule has 3 N–H and O–H groups in total. The van der Waals surface area contributed by atoms with Crippen LogP contribution >= 0.6 is 27.5 Å². The van der Waals surface area contributed by atoms with Crippen molar-refractivity contribution in [2.75, 3.05) is 18.4 Å². The molecule has 2 heterocycles. The topological polar surface area (TPSA) is 123 Å². The van der Waals surface area contributed by atoms with Gasteiger partial charge in [-0.05, 0) is 52.7 Å². The van der Waals surface area contributed by atoms with Gasteiger partial charge in [-0.15, -0.1) is 13.2 Å². The van der Waals surface area contributed by atoms with Crippen LogP contribution in [0.4, 0.5) is 14.5 Å². The first-order valence-corrected chi connectivity index (χ1v) is 12.1. The SMILES string of the molecule is C=CCN(CC=C)C(=O)C(F)(F)c1cc(C)c(NC(=O)c2cc(Br)nn2-c2ncccc2Cl)c(C(N)=O)c1. The number of nitrogens with one attached hydrogen (secondary N) is 1. The van der Waals surface area contributed by atoms with Crippen molar-refractivity contribution in [2.45, 2.75) is 12.8 Å². The number of anilines is 1. The van der Waals surface area contributed by atoms with Crippen molar-refractivity contribution in [3.05, 3.63) is 93.8 Å². The van der Waals surface area contributed by atoms with E-state index in [1.54, 1.807) is 12.1 Å². The van der Waals surface area contributed by atoms with Gasteiger partial charge in [-0.25, -0.2) is 9.67 Å². The average molecular weight is 608 g/mol. The van der Waals surface area contributed by atoms with Gasteiger partial charge < -0.3 is 16.0 Å². The molecule has 0 aliphatic carbocycles. The molecule has 0 radical (unpaired) electrons. The van der Waals surface area contributed by atoms with E-state index in [1.807, 2.05) is 0 Å². The van der Waals surface area contributed by atoms with Crippen LogP contribution in [0.3, 0.4) is 0 Å². The second-order valence-corrected chi connectivity index (χ2v) is 9.19. The number of primary amides is 1. The van der Waals surface area contributed by atoms with Gasteiger partial charge in [0.05, 0.1) is 16.3 Å². The minimum atomic E-state index is -4.01. The van der Waals surface area contributed by atoms with Crippen molar-refractivity contribution in [3.8, 4) is 5.82 Å². The van der Waals surface area contributed by atoms with Gasteiger partial charge in [0.15, 0.2) is 5.82 Å². The largest absolute Gasteiger partial charge is 0.366 e. The average Bonchev–Trinajstić information content (AvgIpc) is 3.25. The number of nitrogens with two attached hydrogens (primary N) is 1. The molecule has 0 fully saturated rings. The molecule has 0 bridgehead atoms. The molecule has 0 aliphatic rings. The van der Waals surface area contributed by atoms with Crippen molar-refractivity contribution in [2.24, 2.45) is 5.73 Å². The lowest BCUT2D eigenvalue weighted by Gasteiger charge is -2.26. The van der Waals surface area contributed by atoms with Crippen LogP contribution in [-0.4, -0.2) is 50.5 Å². The van der Waals surface area contributed by atoms with E-state index in [1.165, 1.54) is 36.0 Å². The number of aryl methyl sites for hydroxylation is 1. The van der Waals surface area contributed by atoms with Crippen molar-refractivity contribution >= 4 is 50.9 Å². The highest BCUT2D eigenvalue weighted by atomic mass is 79.9. The fraction of sp³-hybridized carbons (Fsp3) is 0.160. The van der Waals surface area contributed by atoms with Crippen molar-refractivity contribution in [1.29, 1.82) is 0 Å². The van der Waals surface area contributed by atoms with Gasteiger partial charge in [-0.3, -0.25) is 14.4 Å². The van der Waals surface area contributed by atoms with Crippen LogP contribution in [0.25, 0.3) is 5.82 Å². The maximum atomic E-state index is 15.3. The Morgan fingerprint density at radius 1 is 1.24 bits per heavy atom. The van der Waals surface area contributed by atoms with E-state index in [4.69, 9.17) is 17.3 Å². The van der Waals surface area contributed by atoms with E-state index in [2.05, 4.69) is 44.5 Å². The molecule has 0 unspecified atom stereocenters. The summed E-state index contributed by atoms with van der Waals surface area (Å²) in [5.74, 6) is -7.21. The maximum Gasteiger partial charge on any atom is 0.350 e. The second kappa shape index (κ2) is 11.7. The molecule has 2 aromatic heterocycles. The summed E-state index contributed by atoms with van der Waals surface area (Å²) >= 11 is 9.40. The quantitative estimate of drug-likeness (QED) is 0.325. The first-order chi connectivity index (χ1) is 17.9. The molecular weight excluding hydrogens is 586 g/mol. The molecule has 0 atom stereocenters. The zero-order chi connectivity index (χ0) is 28.2. The van der Waals surface area contributed by atoms with Crippen molar-refractivity contribution in [3.63, 3.8) is 0 Å². The number of alkyl halides is 2. The minimum Gasteiger partial charge on any atom is -0.366 e. The Labute approximate surface area is 230 Å². The summed E-state index contributed by atoms with van der Waals surface area (Å²) in [5, 5.41) is 6.92. The Morgan fingerprint density at radius 3 is 2.47 bits per heavy atom. The first kappa shape index (κ1) is 28.7. The minimum absolute atomic E-state index is 0.0265. The van der Waals surface area contributed by atoms with E-state index >= 15 is 8.78 Å². The predicted octanol–water partition coefficient (Wildman–Crippen LogP) is 4.64. The molecule has 0 saturated heterocycles. The molecule has 3 aromatic rings. The Balaban J connectivity index is 2.03. The lowest BCUT2D eigenvalue weighted by Crippen LogP contribution is -2.42. The lowest BCUT2D eigenvalue weighted by molar-refractivity contribution is -0.157. The number of amides is 3. The highest BCUT2D eigenvalue weighted by Crippen LogP contribution is 2.35. The number of aromatic nitrogens is 3. The number of hydrogen-bond donors (Lipinski definition) is 2. The number of rotatable bonds is 10. The van der Waals surface area contributed by atoms with Crippen LogP contribution in [0.15, 0.2) is 66.4 Å². The normalized spacial score (nSPS) is 11.1. The Bertz CT molecular complexity index is 1430. The summed E-state index contributed by atoms with van der Waals surface area (Å²) in [6.07, 6.45) is 4.06. The summed E-state index contributed by atoms with van der Waals surface area (Å²) in [5.41, 5.74) is 4.22. The van der Waals surface area contributed by atoms with Gasteiger partial charge in [0.25, 0.3) is 17.7 Å². The van der Waals surface area contributed by atoms with E-state index < -0.39 is 34.8 Å². The second-order valence-electron chi connectivity index (χ2n) is 7.97. The molecule has 198 valence electrons. The van der Waals surface area contributed by atoms with Gasteiger partial charge in [-0.1, -0.05) is 23.8 Å². The number of pyridine rings is 1. The number of nitrogens with zero attached hydrogens (tertiary/aromatic N) is 4. The number of halogens is 4. The summed E-state index contributed by atoms with van der Waals surface area (Å²) < 4.78 is 32.0. The third-order valence-electron chi connectivity index (χ3n) is 5.31. The van der Waals surface area contributed by atoms with E-state index in [-0.39, 0.29) is 45.5 Å². The molecule has 0 aliphatic heterocycles. The van der Waals surface area contributed by atoms with Gasteiger partial charge in [0, 0.05) is 30.9 Å². The van der Waals surface area contributed by atoms with Crippen LogP contribution in [0.2, 0.25) is 5.02 Å². The van der Waals surface area contributed by atoms with Crippen LogP contribution in [0.1, 0.15) is 32.0 Å². The molecule has 38 heavy (non-hydrogen) atoms. The smallest absolute Gasteiger partial charge is 0.350 e. The highest BCUT2D eigenvalue weighted by molar-refractivity contribution is 9.10. The fourth-order valence-electron chi connectivity index (χ4n) is 3.59. The number of carbonyl (C=O) groups excluding carboxylic acids is 3. The first-order valence-electron chi connectivity index (χ1n) is 10.9. The third-order valence-corrected chi connectivity index (χ3v) is 5.99. The number of hydrogen-bond acceptors (Lipinski definition) is 5. The van der Waals surface area contributed by atoms with Crippen molar-refractivity contribution in [1.82, 2.24) is 19.7 Å². The zero-order valence-electron chi connectivity index (χ0n) is 20.1.